The van der Waals surface area contributed by atoms with Crippen LogP contribution in [0.2, 0.25) is 0 Å². The van der Waals surface area contributed by atoms with E-state index in [1.807, 2.05) is 19.1 Å². The number of halogens is 1. The third kappa shape index (κ3) is 3.28. The Bertz CT molecular complexity index is 881. The lowest BCUT2D eigenvalue weighted by molar-refractivity contribution is 0.319. The van der Waals surface area contributed by atoms with Crippen molar-refractivity contribution in [3.05, 3.63) is 52.0 Å². The fourth-order valence-electron chi connectivity index (χ4n) is 3.19. The maximum atomic E-state index is 13.1. The van der Waals surface area contributed by atoms with Gasteiger partial charge in [-0.1, -0.05) is 15.9 Å². The highest BCUT2D eigenvalue weighted by atomic mass is 79.9. The van der Waals surface area contributed by atoms with Gasteiger partial charge >= 0.3 is 0 Å². The first-order valence-electron chi connectivity index (χ1n) is 7.90. The van der Waals surface area contributed by atoms with Gasteiger partial charge in [0.25, 0.3) is 0 Å². The minimum atomic E-state index is -3.57. The van der Waals surface area contributed by atoms with Crippen LogP contribution in [0, 0.1) is 0 Å². The highest BCUT2D eigenvalue weighted by Crippen LogP contribution is 2.39. The van der Waals surface area contributed by atoms with E-state index in [4.69, 9.17) is 9.47 Å². The van der Waals surface area contributed by atoms with Crippen LogP contribution < -0.4 is 9.47 Å². The van der Waals surface area contributed by atoms with Gasteiger partial charge in [-0.15, -0.1) is 0 Å². The summed E-state index contributed by atoms with van der Waals surface area (Å²) in [5.41, 5.74) is 2.04. The van der Waals surface area contributed by atoms with Crippen molar-refractivity contribution in [2.24, 2.45) is 0 Å². The van der Waals surface area contributed by atoms with Crippen molar-refractivity contribution in [1.29, 1.82) is 0 Å². The van der Waals surface area contributed by atoms with Crippen molar-refractivity contribution in [1.82, 2.24) is 4.31 Å². The minimum Gasteiger partial charge on any atom is -0.493 e. The molecule has 1 heterocycles. The third-order valence-electron chi connectivity index (χ3n) is 4.55. The number of nitrogens with zero attached hydrogens (tertiary/aromatic N) is 1. The summed E-state index contributed by atoms with van der Waals surface area (Å²) in [5, 5.41) is 0. The standard InChI is InChI=1S/C18H20BrNO4S/c1-12-16-11-18(24-3)17(23-2)10-13(16)8-9-20(12)25(21,22)15-6-4-14(19)5-7-15/h4-7,10-12H,8-9H2,1-3H3. The van der Waals surface area contributed by atoms with Crippen molar-refractivity contribution in [3.8, 4) is 11.5 Å². The molecular formula is C18H20BrNO4S. The van der Waals surface area contributed by atoms with E-state index in [-0.39, 0.29) is 6.04 Å². The predicted molar refractivity (Wildman–Crippen MR) is 99.7 cm³/mol. The van der Waals surface area contributed by atoms with E-state index in [0.717, 1.165) is 15.6 Å². The van der Waals surface area contributed by atoms with Crippen molar-refractivity contribution < 1.29 is 17.9 Å². The summed E-state index contributed by atoms with van der Waals surface area (Å²) < 4.78 is 39.2. The number of hydrogen-bond donors (Lipinski definition) is 0. The molecule has 0 aliphatic carbocycles. The van der Waals surface area contributed by atoms with Crippen LogP contribution in [0.5, 0.6) is 11.5 Å². The zero-order valence-electron chi connectivity index (χ0n) is 14.3. The van der Waals surface area contributed by atoms with Gasteiger partial charge in [0.1, 0.15) is 0 Å². The molecule has 1 atom stereocenters. The molecule has 0 saturated carbocycles. The zero-order chi connectivity index (χ0) is 18.2. The van der Waals surface area contributed by atoms with Crippen LogP contribution in [0.15, 0.2) is 45.8 Å². The van der Waals surface area contributed by atoms with Crippen LogP contribution in [0.25, 0.3) is 0 Å². The van der Waals surface area contributed by atoms with Crippen LogP contribution in [0.4, 0.5) is 0 Å². The van der Waals surface area contributed by atoms with Gasteiger partial charge in [-0.05, 0) is 60.9 Å². The number of fused-ring (bicyclic) bond motifs is 1. The van der Waals surface area contributed by atoms with Gasteiger partial charge in [0, 0.05) is 17.1 Å². The molecule has 0 bridgehead atoms. The van der Waals surface area contributed by atoms with Crippen molar-refractivity contribution >= 4 is 26.0 Å². The largest absolute Gasteiger partial charge is 0.493 e. The van der Waals surface area contributed by atoms with Crippen molar-refractivity contribution in [2.45, 2.75) is 24.3 Å². The first kappa shape index (κ1) is 18.2. The van der Waals surface area contributed by atoms with Crippen molar-refractivity contribution in [2.75, 3.05) is 20.8 Å². The Morgan fingerprint density at radius 1 is 1.08 bits per heavy atom. The first-order valence-corrected chi connectivity index (χ1v) is 10.1. The molecule has 1 aliphatic rings. The molecule has 0 aromatic heterocycles. The number of rotatable bonds is 4. The lowest BCUT2D eigenvalue weighted by Gasteiger charge is -2.34. The molecule has 134 valence electrons. The SMILES string of the molecule is COc1cc2c(cc1OC)C(C)N(S(=O)(=O)c1ccc(Br)cc1)CC2. The number of methoxy groups -OCH3 is 2. The highest BCUT2D eigenvalue weighted by Gasteiger charge is 2.34. The van der Waals surface area contributed by atoms with Crippen LogP contribution in [0.3, 0.4) is 0 Å². The lowest BCUT2D eigenvalue weighted by atomic mass is 9.94. The molecule has 25 heavy (non-hydrogen) atoms. The molecule has 0 fully saturated rings. The van der Waals surface area contributed by atoms with Gasteiger partial charge in [-0.2, -0.15) is 4.31 Å². The van der Waals surface area contributed by atoms with Crippen LogP contribution in [0.1, 0.15) is 24.1 Å². The van der Waals surface area contributed by atoms with Crippen molar-refractivity contribution in [3.63, 3.8) is 0 Å². The average molecular weight is 426 g/mol. The second-order valence-electron chi connectivity index (χ2n) is 5.90. The summed E-state index contributed by atoms with van der Waals surface area (Å²) in [5.74, 6) is 1.27. The second kappa shape index (κ2) is 6.97. The summed E-state index contributed by atoms with van der Waals surface area (Å²) >= 11 is 3.34. The summed E-state index contributed by atoms with van der Waals surface area (Å²) in [7, 11) is -0.390. The molecule has 2 aromatic carbocycles. The fourth-order valence-corrected chi connectivity index (χ4v) is 5.07. The third-order valence-corrected chi connectivity index (χ3v) is 7.06. The maximum Gasteiger partial charge on any atom is 0.243 e. The number of sulfonamides is 1. The first-order chi connectivity index (χ1) is 11.9. The lowest BCUT2D eigenvalue weighted by Crippen LogP contribution is -2.38. The van der Waals surface area contributed by atoms with E-state index in [1.54, 1.807) is 42.8 Å². The van der Waals surface area contributed by atoms with Gasteiger partial charge in [-0.25, -0.2) is 8.42 Å². The number of ether oxygens (including phenoxy) is 2. The Morgan fingerprint density at radius 2 is 1.68 bits per heavy atom. The molecular weight excluding hydrogens is 406 g/mol. The second-order valence-corrected chi connectivity index (χ2v) is 8.71. The summed E-state index contributed by atoms with van der Waals surface area (Å²) in [6.07, 6.45) is 0.635. The minimum absolute atomic E-state index is 0.280. The van der Waals surface area contributed by atoms with E-state index in [1.165, 1.54) is 0 Å². The molecule has 0 radical (unpaired) electrons. The molecule has 0 amide bonds. The zero-order valence-corrected chi connectivity index (χ0v) is 16.7. The molecule has 0 spiro atoms. The highest BCUT2D eigenvalue weighted by molar-refractivity contribution is 9.10. The topological polar surface area (TPSA) is 55.8 Å². The number of hydrogen-bond acceptors (Lipinski definition) is 4. The van der Waals surface area contributed by atoms with E-state index >= 15 is 0 Å². The Labute approximate surface area is 156 Å². The number of benzene rings is 2. The Hall–Kier alpha value is -1.57. The maximum absolute atomic E-state index is 13.1. The monoisotopic (exact) mass is 425 g/mol. The molecule has 0 saturated heterocycles. The molecule has 5 nitrogen and oxygen atoms in total. The fraction of sp³-hybridized carbons (Fsp3) is 0.333. The van der Waals surface area contributed by atoms with Gasteiger partial charge in [0.15, 0.2) is 11.5 Å². The van der Waals surface area contributed by atoms with E-state index in [9.17, 15) is 8.42 Å². The van der Waals surface area contributed by atoms with Gasteiger partial charge in [-0.3, -0.25) is 0 Å². The van der Waals surface area contributed by atoms with E-state index < -0.39 is 10.0 Å². The molecule has 7 heteroatoms. The van der Waals surface area contributed by atoms with Crippen LogP contribution in [-0.4, -0.2) is 33.5 Å². The van der Waals surface area contributed by atoms with Crippen LogP contribution in [-0.2, 0) is 16.4 Å². The van der Waals surface area contributed by atoms with Crippen LogP contribution >= 0.6 is 15.9 Å². The Morgan fingerprint density at radius 3 is 2.28 bits per heavy atom. The Balaban J connectivity index is 2.01. The molecule has 2 aromatic rings. The Kier molecular flexibility index (Phi) is 5.09. The summed E-state index contributed by atoms with van der Waals surface area (Å²) in [6.45, 7) is 2.34. The van der Waals surface area contributed by atoms with E-state index in [2.05, 4.69) is 15.9 Å². The molecule has 3 rings (SSSR count). The summed E-state index contributed by atoms with van der Waals surface area (Å²) in [4.78, 5) is 0.298. The molecule has 0 N–H and O–H groups in total. The van der Waals surface area contributed by atoms with Gasteiger partial charge in [0.05, 0.1) is 19.1 Å². The smallest absolute Gasteiger partial charge is 0.243 e. The van der Waals surface area contributed by atoms with Gasteiger partial charge in [0.2, 0.25) is 10.0 Å². The van der Waals surface area contributed by atoms with Gasteiger partial charge < -0.3 is 9.47 Å². The quantitative estimate of drug-likeness (QED) is 0.747. The average Bonchev–Trinajstić information content (AvgIpc) is 2.61. The van der Waals surface area contributed by atoms with E-state index in [0.29, 0.717) is 29.4 Å². The summed E-state index contributed by atoms with van der Waals surface area (Å²) in [6, 6.07) is 10.3. The normalized spacial score (nSPS) is 17.8. The predicted octanol–water partition coefficient (Wildman–Crippen LogP) is 3.77. The molecule has 1 aliphatic heterocycles. The molecule has 1 unspecified atom stereocenters.